The summed E-state index contributed by atoms with van der Waals surface area (Å²) in [6, 6.07) is 5.66. The molecule has 100 valence electrons. The summed E-state index contributed by atoms with van der Waals surface area (Å²) in [5, 5.41) is -0.217. The van der Waals surface area contributed by atoms with Crippen molar-refractivity contribution >= 4 is 31.6 Å². The number of anilines is 1. The molecule has 0 unspecified atom stereocenters. The van der Waals surface area contributed by atoms with Crippen LogP contribution in [0.3, 0.4) is 0 Å². The van der Waals surface area contributed by atoms with Crippen molar-refractivity contribution in [2.24, 2.45) is 0 Å². The first-order chi connectivity index (χ1) is 8.53. The molecule has 0 aliphatic heterocycles. The van der Waals surface area contributed by atoms with E-state index in [1.54, 1.807) is 0 Å². The molecule has 1 aliphatic rings. The minimum atomic E-state index is -3.22. The van der Waals surface area contributed by atoms with E-state index in [4.69, 9.17) is 0 Å². The van der Waals surface area contributed by atoms with Crippen LogP contribution in [0.4, 0.5) is 5.69 Å². The van der Waals surface area contributed by atoms with Crippen LogP contribution in [0, 0.1) is 0 Å². The van der Waals surface area contributed by atoms with Crippen LogP contribution in [0.15, 0.2) is 22.7 Å². The van der Waals surface area contributed by atoms with E-state index >= 15 is 0 Å². The van der Waals surface area contributed by atoms with E-state index in [1.807, 2.05) is 25.1 Å². The fourth-order valence-corrected chi connectivity index (χ4v) is 4.42. The quantitative estimate of drug-likeness (QED) is 0.914. The highest BCUT2D eigenvalue weighted by molar-refractivity contribution is 9.10. The molecule has 2 rings (SSSR count). The highest BCUT2D eigenvalue weighted by atomic mass is 79.9. The van der Waals surface area contributed by atoms with Gasteiger partial charge in [-0.15, -0.1) is 0 Å². The average Bonchev–Trinajstić information content (AvgIpc) is 2.85. The second-order valence-corrected chi connectivity index (χ2v) is 7.59. The summed E-state index contributed by atoms with van der Waals surface area (Å²) in [7, 11) is -3.22. The summed E-state index contributed by atoms with van der Waals surface area (Å²) in [6.45, 7) is 2.02. The van der Waals surface area contributed by atoms with Crippen molar-refractivity contribution in [2.75, 3.05) is 4.72 Å². The zero-order valence-electron chi connectivity index (χ0n) is 10.4. The maximum atomic E-state index is 12.2. The molecule has 1 saturated carbocycles. The highest BCUT2D eigenvalue weighted by Crippen LogP contribution is 2.28. The number of hydrogen-bond donors (Lipinski definition) is 1. The van der Waals surface area contributed by atoms with Crippen molar-refractivity contribution < 1.29 is 8.42 Å². The van der Waals surface area contributed by atoms with Gasteiger partial charge in [0.05, 0.1) is 10.9 Å². The first-order valence-corrected chi connectivity index (χ1v) is 8.67. The fourth-order valence-electron chi connectivity index (χ4n) is 2.39. The Morgan fingerprint density at radius 1 is 1.33 bits per heavy atom. The Hall–Kier alpha value is -0.550. The van der Waals surface area contributed by atoms with Crippen LogP contribution in [-0.4, -0.2) is 13.7 Å². The van der Waals surface area contributed by atoms with E-state index in [-0.39, 0.29) is 5.25 Å². The Bertz CT molecular complexity index is 522. The lowest BCUT2D eigenvalue weighted by Gasteiger charge is -2.16. The number of nitrogens with one attached hydrogen (secondary N) is 1. The molecule has 18 heavy (non-hydrogen) atoms. The van der Waals surface area contributed by atoms with Crippen molar-refractivity contribution in [1.82, 2.24) is 0 Å². The van der Waals surface area contributed by atoms with Crippen LogP contribution in [0.25, 0.3) is 0 Å². The molecular formula is C13H18BrNO2S. The smallest absolute Gasteiger partial charge is 0.235 e. The molecule has 0 saturated heterocycles. The number of sulfonamides is 1. The minimum absolute atomic E-state index is 0.217. The largest absolute Gasteiger partial charge is 0.283 e. The normalized spacial score (nSPS) is 17.0. The average molecular weight is 332 g/mol. The predicted molar refractivity (Wildman–Crippen MR) is 78.3 cm³/mol. The van der Waals surface area contributed by atoms with E-state index in [9.17, 15) is 8.42 Å². The summed E-state index contributed by atoms with van der Waals surface area (Å²) in [6.07, 6.45) is 4.42. The fraction of sp³-hybridized carbons (Fsp3) is 0.538. The Balaban J connectivity index is 2.23. The molecule has 1 aromatic carbocycles. The monoisotopic (exact) mass is 331 g/mol. The lowest BCUT2D eigenvalue weighted by molar-refractivity contribution is 0.585. The van der Waals surface area contributed by atoms with Crippen LogP contribution in [0.5, 0.6) is 0 Å². The number of hydrogen-bond acceptors (Lipinski definition) is 2. The summed E-state index contributed by atoms with van der Waals surface area (Å²) in [5.74, 6) is 0. The number of aryl methyl sites for hydroxylation is 1. The number of halogens is 1. The van der Waals surface area contributed by atoms with Gasteiger partial charge >= 0.3 is 0 Å². The SMILES string of the molecule is CCc1cc(Br)ccc1NS(=O)(=O)C1CCCC1. The van der Waals surface area contributed by atoms with Gasteiger partial charge in [0, 0.05) is 4.47 Å². The molecule has 1 aromatic rings. The third-order valence-electron chi connectivity index (χ3n) is 3.44. The first-order valence-electron chi connectivity index (χ1n) is 6.33. The first kappa shape index (κ1) is 13.9. The second-order valence-electron chi connectivity index (χ2n) is 4.71. The summed E-state index contributed by atoms with van der Waals surface area (Å²) >= 11 is 3.41. The predicted octanol–water partition coefficient (Wildman–Crippen LogP) is 3.70. The number of rotatable bonds is 4. The molecule has 0 atom stereocenters. The molecule has 0 radical (unpaired) electrons. The zero-order chi connectivity index (χ0) is 13.2. The van der Waals surface area contributed by atoms with Crippen LogP contribution in [-0.2, 0) is 16.4 Å². The highest BCUT2D eigenvalue weighted by Gasteiger charge is 2.28. The lowest BCUT2D eigenvalue weighted by Crippen LogP contribution is -2.25. The summed E-state index contributed by atoms with van der Waals surface area (Å²) in [5.41, 5.74) is 1.73. The van der Waals surface area contributed by atoms with Crippen LogP contribution < -0.4 is 4.72 Å². The molecular weight excluding hydrogens is 314 g/mol. The second kappa shape index (κ2) is 5.61. The van der Waals surface area contributed by atoms with Crippen molar-refractivity contribution in [1.29, 1.82) is 0 Å². The van der Waals surface area contributed by atoms with Gasteiger partial charge in [-0.2, -0.15) is 0 Å². The Morgan fingerprint density at radius 3 is 2.61 bits per heavy atom. The zero-order valence-corrected chi connectivity index (χ0v) is 12.9. The molecule has 0 aromatic heterocycles. The molecule has 0 bridgehead atoms. The van der Waals surface area contributed by atoms with E-state index < -0.39 is 10.0 Å². The van der Waals surface area contributed by atoms with E-state index in [1.165, 1.54) is 0 Å². The van der Waals surface area contributed by atoms with Gasteiger partial charge in [0.1, 0.15) is 0 Å². The van der Waals surface area contributed by atoms with Gasteiger partial charge in [0.15, 0.2) is 0 Å². The molecule has 1 aliphatic carbocycles. The van der Waals surface area contributed by atoms with Crippen molar-refractivity contribution in [3.8, 4) is 0 Å². The molecule has 1 fully saturated rings. The molecule has 0 heterocycles. The van der Waals surface area contributed by atoms with Gasteiger partial charge in [-0.25, -0.2) is 8.42 Å². The van der Waals surface area contributed by atoms with Crippen LogP contribution in [0.1, 0.15) is 38.2 Å². The third-order valence-corrected chi connectivity index (χ3v) is 5.79. The molecule has 1 N–H and O–H groups in total. The maximum Gasteiger partial charge on any atom is 0.235 e. The number of benzene rings is 1. The van der Waals surface area contributed by atoms with Crippen molar-refractivity contribution in [3.05, 3.63) is 28.2 Å². The van der Waals surface area contributed by atoms with Crippen LogP contribution >= 0.6 is 15.9 Å². The Labute approximate surface area is 117 Å². The van der Waals surface area contributed by atoms with Gasteiger partial charge in [0.2, 0.25) is 10.0 Å². The Kier molecular flexibility index (Phi) is 4.33. The standard InChI is InChI=1S/C13H18BrNO2S/c1-2-10-9-11(14)7-8-13(10)15-18(16,17)12-5-3-4-6-12/h7-9,12,15H,2-6H2,1H3. The van der Waals surface area contributed by atoms with Crippen LogP contribution in [0.2, 0.25) is 0 Å². The third kappa shape index (κ3) is 3.06. The van der Waals surface area contributed by atoms with E-state index in [0.29, 0.717) is 5.69 Å². The van der Waals surface area contributed by atoms with Crippen molar-refractivity contribution in [3.63, 3.8) is 0 Å². The van der Waals surface area contributed by atoms with Gasteiger partial charge < -0.3 is 0 Å². The summed E-state index contributed by atoms with van der Waals surface area (Å²) in [4.78, 5) is 0. The van der Waals surface area contributed by atoms with Gasteiger partial charge in [-0.05, 0) is 43.0 Å². The summed E-state index contributed by atoms with van der Waals surface area (Å²) < 4.78 is 28.2. The molecule has 0 amide bonds. The van der Waals surface area contributed by atoms with Gasteiger partial charge in [-0.3, -0.25) is 4.72 Å². The minimum Gasteiger partial charge on any atom is -0.283 e. The maximum absolute atomic E-state index is 12.2. The molecule has 5 heteroatoms. The molecule has 0 spiro atoms. The lowest BCUT2D eigenvalue weighted by atomic mass is 10.1. The topological polar surface area (TPSA) is 46.2 Å². The van der Waals surface area contributed by atoms with Crippen molar-refractivity contribution in [2.45, 2.75) is 44.3 Å². The van der Waals surface area contributed by atoms with Gasteiger partial charge in [-0.1, -0.05) is 35.7 Å². The van der Waals surface area contributed by atoms with E-state index in [0.717, 1.165) is 42.1 Å². The van der Waals surface area contributed by atoms with Gasteiger partial charge in [0.25, 0.3) is 0 Å². The van der Waals surface area contributed by atoms with E-state index in [2.05, 4.69) is 20.7 Å². The molecule has 3 nitrogen and oxygen atoms in total. The Morgan fingerprint density at radius 2 is 2.00 bits per heavy atom.